The topological polar surface area (TPSA) is 20.9 Å². The van der Waals surface area contributed by atoms with E-state index in [0.717, 1.165) is 19.4 Å². The molecule has 0 saturated heterocycles. The fourth-order valence-corrected chi connectivity index (χ4v) is 3.13. The van der Waals surface area contributed by atoms with Gasteiger partial charge in [-0.05, 0) is 25.3 Å². The molecule has 0 fully saturated rings. The Balaban J connectivity index is 0.00000576. The summed E-state index contributed by atoms with van der Waals surface area (Å²) in [6.07, 6.45) is 24.4. The van der Waals surface area contributed by atoms with Gasteiger partial charge in [0.1, 0.15) is 12.5 Å². The minimum Gasteiger partial charge on any atom is -1.00 e. The highest BCUT2D eigenvalue weighted by Crippen LogP contribution is 2.12. The van der Waals surface area contributed by atoms with Gasteiger partial charge in [-0.2, -0.15) is 0 Å². The molecule has 0 bridgehead atoms. The van der Waals surface area contributed by atoms with E-state index in [1.165, 1.54) is 77.0 Å². The maximum absolute atomic E-state index is 10.0. The van der Waals surface area contributed by atoms with E-state index in [1.54, 1.807) is 6.08 Å². The van der Waals surface area contributed by atoms with Crippen molar-refractivity contribution in [2.75, 3.05) is 0 Å². The Labute approximate surface area is 161 Å². The van der Waals surface area contributed by atoms with Gasteiger partial charge in [0.25, 0.3) is 0 Å². The number of nitrogens with zero attached hydrogens (tertiary/aromatic N) is 1. The van der Waals surface area contributed by atoms with Gasteiger partial charge < -0.3 is 12.4 Å². The van der Waals surface area contributed by atoms with E-state index in [1.807, 2.05) is 5.94 Å². The van der Waals surface area contributed by atoms with Crippen LogP contribution in [0, 0.1) is 0 Å². The van der Waals surface area contributed by atoms with Crippen LogP contribution < -0.4 is 17.0 Å². The molecule has 0 aromatic carbocycles. The lowest BCUT2D eigenvalue weighted by atomic mass is 10.0. The first-order valence-corrected chi connectivity index (χ1v) is 10.1. The average molecular weight is 366 g/mol. The van der Waals surface area contributed by atoms with Crippen molar-refractivity contribution in [2.45, 2.75) is 96.4 Å². The summed E-state index contributed by atoms with van der Waals surface area (Å²) in [4.78, 5) is 10.0. The highest BCUT2D eigenvalue weighted by molar-refractivity contribution is 5.44. The Morgan fingerprint density at radius 1 is 0.640 bits per heavy atom. The average Bonchev–Trinajstić information content (AvgIpc) is 2.62. The maximum Gasteiger partial charge on any atom is 0.168 e. The first kappa shape index (κ1) is 23.9. The second-order valence-corrected chi connectivity index (χ2v) is 6.82. The highest BCUT2D eigenvalue weighted by Gasteiger charge is 1.98. The van der Waals surface area contributed by atoms with Gasteiger partial charge in [0.05, 0.1) is 0 Å². The van der Waals surface area contributed by atoms with Gasteiger partial charge in [0.2, 0.25) is 0 Å². The molecule has 1 aromatic heterocycles. The molecule has 25 heavy (non-hydrogen) atoms. The van der Waals surface area contributed by atoms with E-state index in [2.05, 4.69) is 35.2 Å². The lowest BCUT2D eigenvalue weighted by Gasteiger charge is -2.02. The van der Waals surface area contributed by atoms with Crippen molar-refractivity contribution < 1.29 is 21.8 Å². The maximum atomic E-state index is 10.0. The zero-order valence-corrected chi connectivity index (χ0v) is 16.6. The second-order valence-electron chi connectivity index (χ2n) is 6.82. The normalized spacial score (nSPS) is 10.1. The van der Waals surface area contributed by atoms with E-state index < -0.39 is 0 Å². The third kappa shape index (κ3) is 16.1. The van der Waals surface area contributed by atoms with Crippen LogP contribution in [-0.2, 0) is 11.3 Å². The number of aromatic nitrogens is 1. The molecule has 0 aliphatic carbocycles. The Morgan fingerprint density at radius 3 is 1.56 bits per heavy atom. The molecule has 142 valence electrons. The minimum atomic E-state index is 0. The number of rotatable bonds is 16. The van der Waals surface area contributed by atoms with E-state index in [0.29, 0.717) is 0 Å². The van der Waals surface area contributed by atoms with Gasteiger partial charge in [0.15, 0.2) is 12.4 Å². The molecule has 0 N–H and O–H groups in total. The summed E-state index contributed by atoms with van der Waals surface area (Å²) in [7, 11) is 0. The molecule has 0 atom stereocenters. The number of hydrogen-bond donors (Lipinski definition) is 0. The predicted octanol–water partition coefficient (Wildman–Crippen LogP) is 2.83. The molecule has 0 spiro atoms. The second kappa shape index (κ2) is 19.2. The molecule has 0 aliphatic heterocycles. The fourth-order valence-electron chi connectivity index (χ4n) is 3.13. The Hall–Kier alpha value is -1.11. The molecule has 1 rings (SSSR count). The zero-order valence-electron chi connectivity index (χ0n) is 15.8. The van der Waals surface area contributed by atoms with Gasteiger partial charge in [0, 0.05) is 18.6 Å². The fraction of sp³-hybridized carbons (Fsp3) is 0.682. The SMILES string of the molecule is O=C=CCCCCCCCCCCCCCCC[n+]1ccccc1.[Cl-]. The Morgan fingerprint density at radius 2 is 1.08 bits per heavy atom. The van der Waals surface area contributed by atoms with Crippen LogP contribution in [0.15, 0.2) is 36.7 Å². The minimum absolute atomic E-state index is 0. The van der Waals surface area contributed by atoms with Gasteiger partial charge in [-0.1, -0.05) is 70.3 Å². The largest absolute Gasteiger partial charge is 1.00 e. The predicted molar refractivity (Wildman–Crippen MR) is 102 cm³/mol. The monoisotopic (exact) mass is 365 g/mol. The summed E-state index contributed by atoms with van der Waals surface area (Å²) in [5, 5.41) is 0. The van der Waals surface area contributed by atoms with Crippen molar-refractivity contribution in [1.29, 1.82) is 0 Å². The third-order valence-electron chi connectivity index (χ3n) is 4.63. The molecule has 0 amide bonds. The van der Waals surface area contributed by atoms with Crippen LogP contribution in [0.3, 0.4) is 0 Å². The van der Waals surface area contributed by atoms with Gasteiger partial charge in [-0.25, -0.2) is 9.36 Å². The number of hydrogen-bond acceptors (Lipinski definition) is 1. The van der Waals surface area contributed by atoms with Crippen LogP contribution >= 0.6 is 0 Å². The molecule has 1 heterocycles. The Kier molecular flexibility index (Phi) is 18.4. The first-order valence-electron chi connectivity index (χ1n) is 10.1. The lowest BCUT2D eigenvalue weighted by molar-refractivity contribution is -0.697. The third-order valence-corrected chi connectivity index (χ3v) is 4.63. The molecule has 2 nitrogen and oxygen atoms in total. The summed E-state index contributed by atoms with van der Waals surface area (Å²) < 4.78 is 2.28. The molecule has 0 radical (unpaired) electrons. The number of unbranched alkanes of at least 4 members (excludes halogenated alkanes) is 13. The molecular formula is C22H36ClNO. The molecule has 0 saturated carbocycles. The van der Waals surface area contributed by atoms with Crippen LogP contribution in [0.25, 0.3) is 0 Å². The standard InChI is InChI=1S/C22H36NO.ClH/c24-22-18-13-11-9-7-5-3-1-2-4-6-8-10-12-15-19-23-20-16-14-17-21-23;/h14,16-18,20-21H,1-13,15,19H2;1H/q+1;/p-1. The van der Waals surface area contributed by atoms with E-state index in [4.69, 9.17) is 0 Å². The molecule has 1 aromatic rings. The van der Waals surface area contributed by atoms with Crippen LogP contribution in [0.1, 0.15) is 89.9 Å². The van der Waals surface area contributed by atoms with E-state index in [-0.39, 0.29) is 12.4 Å². The van der Waals surface area contributed by atoms with Crippen molar-refractivity contribution in [1.82, 2.24) is 0 Å². The van der Waals surface area contributed by atoms with Gasteiger partial charge in [-0.3, -0.25) is 0 Å². The van der Waals surface area contributed by atoms with Crippen LogP contribution in [0.2, 0.25) is 0 Å². The van der Waals surface area contributed by atoms with Crippen molar-refractivity contribution in [3.8, 4) is 0 Å². The summed E-state index contributed by atoms with van der Waals surface area (Å²) in [5.41, 5.74) is 0. The number of aryl methyl sites for hydroxylation is 1. The van der Waals surface area contributed by atoms with Crippen molar-refractivity contribution in [3.63, 3.8) is 0 Å². The van der Waals surface area contributed by atoms with Crippen LogP contribution in [0.5, 0.6) is 0 Å². The van der Waals surface area contributed by atoms with Crippen LogP contribution in [-0.4, -0.2) is 5.94 Å². The van der Waals surface area contributed by atoms with Gasteiger partial charge in [-0.15, -0.1) is 0 Å². The molecule has 0 aliphatic rings. The summed E-state index contributed by atoms with van der Waals surface area (Å²) in [6.45, 7) is 1.16. The van der Waals surface area contributed by atoms with E-state index >= 15 is 0 Å². The first-order chi connectivity index (χ1) is 11.9. The van der Waals surface area contributed by atoms with E-state index in [9.17, 15) is 4.79 Å². The summed E-state index contributed by atoms with van der Waals surface area (Å²) in [6, 6.07) is 6.28. The number of pyridine rings is 1. The van der Waals surface area contributed by atoms with Crippen molar-refractivity contribution in [3.05, 3.63) is 36.7 Å². The molecular weight excluding hydrogens is 330 g/mol. The lowest BCUT2D eigenvalue weighted by Crippen LogP contribution is -3.00. The van der Waals surface area contributed by atoms with Crippen molar-refractivity contribution in [2.24, 2.45) is 0 Å². The highest BCUT2D eigenvalue weighted by atomic mass is 35.5. The summed E-state index contributed by atoms with van der Waals surface area (Å²) >= 11 is 0. The smallest absolute Gasteiger partial charge is 0.168 e. The number of carbonyl (C=O) groups excluding carboxylic acids is 1. The van der Waals surface area contributed by atoms with Crippen LogP contribution in [0.4, 0.5) is 0 Å². The number of allylic oxidation sites excluding steroid dienone is 1. The molecule has 0 unspecified atom stereocenters. The van der Waals surface area contributed by atoms with Gasteiger partial charge >= 0.3 is 0 Å². The Bertz CT molecular complexity index is 429. The number of halogens is 1. The zero-order chi connectivity index (χ0) is 17.1. The quantitative estimate of drug-likeness (QED) is 0.251. The van der Waals surface area contributed by atoms with Crippen molar-refractivity contribution >= 4 is 5.94 Å². The molecule has 3 heteroatoms. The summed E-state index contributed by atoms with van der Waals surface area (Å²) in [5.74, 6) is 1.85.